The first-order valence-electron chi connectivity index (χ1n) is 3.48. The Morgan fingerprint density at radius 3 is 2.13 bits per heavy atom. The van der Waals surface area contributed by atoms with Crippen LogP contribution in [0, 0.1) is 0 Å². The van der Waals surface area contributed by atoms with Crippen LogP contribution in [-0.4, -0.2) is 30.7 Å². The van der Waals surface area contributed by atoms with Crippen LogP contribution in [0.15, 0.2) is 4.52 Å². The maximum Gasteiger partial charge on any atom is 0.332 e. The van der Waals surface area contributed by atoms with Crippen molar-refractivity contribution in [2.75, 3.05) is 21.3 Å². The van der Waals surface area contributed by atoms with Gasteiger partial charge in [-0.2, -0.15) is 8.71 Å². The number of hydrogen-bond acceptors (Lipinski definition) is 6. The Bertz CT molecular complexity index is 276. The zero-order valence-electron chi connectivity index (χ0n) is 8.04. The number of hydrogen-bond donors (Lipinski definition) is 0. The zero-order valence-corrected chi connectivity index (χ0v) is 10.7. The second-order valence-electron chi connectivity index (χ2n) is 2.10. The van der Waals surface area contributed by atoms with Gasteiger partial charge in [0.1, 0.15) is 0 Å². The largest absolute Gasteiger partial charge is 0.332 e. The molecule has 0 aromatic carbocycles. The molecule has 0 aromatic heterocycles. The molecular weight excluding hydrogens is 276 g/mol. The van der Waals surface area contributed by atoms with Crippen LogP contribution in [0.5, 0.6) is 0 Å². The van der Waals surface area contributed by atoms with Crippen LogP contribution in [0.1, 0.15) is 0 Å². The average Bonchev–Trinajstić information content (AvgIpc) is 2.27. The van der Waals surface area contributed by atoms with Gasteiger partial charge in [0.2, 0.25) is 0 Å². The molecule has 0 aliphatic carbocycles. The van der Waals surface area contributed by atoms with Gasteiger partial charge in [-0.1, -0.05) is 0 Å². The molecule has 1 heterocycles. The van der Waals surface area contributed by atoms with Gasteiger partial charge in [-0.3, -0.25) is 0 Å². The summed E-state index contributed by atoms with van der Waals surface area (Å²) in [5.41, 5.74) is 0. The summed E-state index contributed by atoms with van der Waals surface area (Å²) >= 11 is 0. The molecule has 0 fully saturated rings. The quantitative estimate of drug-likeness (QED) is 0.584. The fourth-order valence-electron chi connectivity index (χ4n) is 0.766. The summed E-state index contributed by atoms with van der Waals surface area (Å²) in [7, 11) is -5.74. The Balaban J connectivity index is 3.13. The van der Waals surface area contributed by atoms with Gasteiger partial charge in [0.05, 0.1) is 0 Å². The van der Waals surface area contributed by atoms with E-state index in [4.69, 9.17) is 0 Å². The first kappa shape index (κ1) is 13.7. The summed E-state index contributed by atoms with van der Waals surface area (Å²) in [6.07, 6.45) is 0. The fourth-order valence-corrected chi connectivity index (χ4v) is 6.78. The maximum atomic E-state index is 13.3. The minimum atomic E-state index is -3.54. The predicted molar refractivity (Wildman–Crippen MR) is 51.2 cm³/mol. The minimum absolute atomic E-state index is 0.402. The average molecular weight is 285 g/mol. The third kappa shape index (κ3) is 2.35. The van der Waals surface area contributed by atoms with Gasteiger partial charge in [-0.25, -0.2) is 0 Å². The van der Waals surface area contributed by atoms with Gasteiger partial charge in [0.15, 0.2) is 0 Å². The Labute approximate surface area is 87.3 Å². The van der Waals surface area contributed by atoms with Gasteiger partial charge < -0.3 is 13.6 Å². The maximum absolute atomic E-state index is 13.3. The fraction of sp³-hybridized carbons (Fsp3) is 1.00. The van der Waals surface area contributed by atoms with Crippen molar-refractivity contribution in [3.05, 3.63) is 0 Å². The van der Waals surface area contributed by atoms with Crippen LogP contribution in [0.3, 0.4) is 0 Å². The Morgan fingerprint density at radius 2 is 1.73 bits per heavy atom. The monoisotopic (exact) mass is 285 g/mol. The first-order chi connectivity index (χ1) is 7.02. The van der Waals surface area contributed by atoms with E-state index in [0.29, 0.717) is 0 Å². The SMILES string of the molecule is COP1N=P(OC)(OC)N(F)P(F)N1F. The van der Waals surface area contributed by atoms with Crippen molar-refractivity contribution in [1.29, 1.82) is 0 Å². The van der Waals surface area contributed by atoms with Crippen LogP contribution in [-0.2, 0) is 13.6 Å². The number of rotatable bonds is 3. The summed E-state index contributed by atoms with van der Waals surface area (Å²) in [6.45, 7) is 0. The van der Waals surface area contributed by atoms with Gasteiger partial charge in [-0.05, 0) is 4.66 Å². The predicted octanol–water partition coefficient (Wildman–Crippen LogP) is 3.68. The Morgan fingerprint density at radius 1 is 1.20 bits per heavy atom. The summed E-state index contributed by atoms with van der Waals surface area (Å²) in [4.78, 5) is 0. The molecule has 0 saturated heterocycles. The van der Waals surface area contributed by atoms with Gasteiger partial charge in [-0.15, -0.1) is 8.96 Å². The van der Waals surface area contributed by atoms with Crippen LogP contribution in [0.4, 0.5) is 13.2 Å². The molecule has 0 aromatic rings. The topological polar surface area (TPSA) is 46.5 Å². The molecule has 0 spiro atoms. The lowest BCUT2D eigenvalue weighted by molar-refractivity contribution is 0.144. The molecule has 6 nitrogen and oxygen atoms in total. The van der Waals surface area contributed by atoms with E-state index in [1.807, 2.05) is 0 Å². The van der Waals surface area contributed by atoms with Crippen molar-refractivity contribution >= 4 is 24.6 Å². The van der Waals surface area contributed by atoms with Crippen molar-refractivity contribution in [3.8, 4) is 0 Å². The zero-order chi connectivity index (χ0) is 11.6. The van der Waals surface area contributed by atoms with Crippen LogP contribution in [0.25, 0.3) is 0 Å². The summed E-state index contributed by atoms with van der Waals surface area (Å²) in [6, 6.07) is 0. The summed E-state index contributed by atoms with van der Waals surface area (Å²) < 4.78 is 56.2. The van der Waals surface area contributed by atoms with Crippen molar-refractivity contribution in [2.24, 2.45) is 4.52 Å². The summed E-state index contributed by atoms with van der Waals surface area (Å²) in [5, 5.41) is 0. The molecule has 0 radical (unpaired) electrons. The highest BCUT2D eigenvalue weighted by atomic mass is 31.3. The minimum Gasteiger partial charge on any atom is -0.327 e. The third-order valence-electron chi connectivity index (χ3n) is 1.45. The first-order valence-corrected chi connectivity index (χ1v) is 7.31. The molecule has 2 unspecified atom stereocenters. The number of nitrogens with zero attached hydrogens (tertiary/aromatic N) is 3. The van der Waals surface area contributed by atoms with Crippen molar-refractivity contribution in [2.45, 2.75) is 0 Å². The highest BCUT2D eigenvalue weighted by Crippen LogP contribution is 2.79. The molecule has 2 atom stereocenters. The van der Waals surface area contributed by atoms with E-state index < -0.39 is 34.0 Å². The summed E-state index contributed by atoms with van der Waals surface area (Å²) in [5.74, 6) is 0. The van der Waals surface area contributed by atoms with E-state index in [-0.39, 0.29) is 0 Å². The van der Waals surface area contributed by atoms with E-state index >= 15 is 0 Å². The molecule has 15 heavy (non-hydrogen) atoms. The molecular formula is C3H9F3N3O3P3. The molecule has 0 saturated carbocycles. The highest BCUT2D eigenvalue weighted by molar-refractivity contribution is 7.77. The molecule has 0 N–H and O–H groups in total. The van der Waals surface area contributed by atoms with E-state index in [0.717, 1.165) is 21.3 Å². The lowest BCUT2D eigenvalue weighted by Gasteiger charge is -2.34. The normalized spacial score (nSPS) is 32.7. The molecule has 1 aliphatic rings. The number of halogens is 3. The van der Waals surface area contributed by atoms with Crippen molar-refractivity contribution in [3.63, 3.8) is 0 Å². The molecule has 0 amide bonds. The van der Waals surface area contributed by atoms with Crippen molar-refractivity contribution < 1.29 is 26.7 Å². The second kappa shape index (κ2) is 5.34. The molecule has 90 valence electrons. The molecule has 1 aliphatic heterocycles. The van der Waals surface area contributed by atoms with E-state index in [1.165, 1.54) is 0 Å². The molecule has 0 bridgehead atoms. The van der Waals surface area contributed by atoms with Crippen LogP contribution < -0.4 is 0 Å². The van der Waals surface area contributed by atoms with Gasteiger partial charge in [0.25, 0.3) is 8.45 Å². The van der Waals surface area contributed by atoms with Crippen LogP contribution >= 0.6 is 24.6 Å². The van der Waals surface area contributed by atoms with E-state index in [2.05, 4.69) is 18.1 Å². The standard InChI is InChI=1S/C3H9F3N3O3P3/c1-10-14-7-15(11-2,12-3)9(5)13(6)8(14)4/h1-3H3. The van der Waals surface area contributed by atoms with Gasteiger partial charge >= 0.3 is 16.2 Å². The smallest absolute Gasteiger partial charge is 0.327 e. The lowest BCUT2D eigenvalue weighted by atomic mass is 11.8. The lowest BCUT2D eigenvalue weighted by Crippen LogP contribution is -2.16. The van der Waals surface area contributed by atoms with E-state index in [9.17, 15) is 13.2 Å². The molecule has 1 rings (SSSR count). The van der Waals surface area contributed by atoms with E-state index in [1.54, 1.807) is 0 Å². The third-order valence-corrected chi connectivity index (χ3v) is 7.51. The highest BCUT2D eigenvalue weighted by Gasteiger charge is 2.50. The Kier molecular flexibility index (Phi) is 4.89. The Hall–Kier alpha value is 0.680. The molecule has 12 heteroatoms. The van der Waals surface area contributed by atoms with Crippen molar-refractivity contribution in [1.82, 2.24) is 9.33 Å². The van der Waals surface area contributed by atoms with Gasteiger partial charge in [0, 0.05) is 26.0 Å². The second-order valence-corrected chi connectivity index (χ2v) is 7.92. The van der Waals surface area contributed by atoms with Crippen LogP contribution in [0.2, 0.25) is 0 Å².